The molecule has 1 aromatic rings. The molecule has 0 bridgehead atoms. The van der Waals surface area contributed by atoms with E-state index in [0.717, 1.165) is 6.07 Å². The van der Waals surface area contributed by atoms with Crippen LogP contribution in [0.3, 0.4) is 0 Å². The minimum absolute atomic E-state index is 0.0144. The molecule has 0 unspecified atom stereocenters. The molecule has 18 heavy (non-hydrogen) atoms. The highest BCUT2D eigenvalue weighted by Crippen LogP contribution is 2.22. The number of ether oxygens (including phenoxy) is 1. The van der Waals surface area contributed by atoms with Crippen LogP contribution < -0.4 is 5.32 Å². The van der Waals surface area contributed by atoms with Crippen LogP contribution in [-0.4, -0.2) is 19.6 Å². The second-order valence-corrected chi connectivity index (χ2v) is 4.48. The second kappa shape index (κ2) is 5.29. The Morgan fingerprint density at radius 3 is 2.50 bits per heavy atom. The maximum Gasteiger partial charge on any atom is 0.313 e. The first-order chi connectivity index (χ1) is 8.27. The summed E-state index contributed by atoms with van der Waals surface area (Å²) in [5.74, 6) is -3.87. The zero-order valence-corrected chi connectivity index (χ0v) is 10.3. The molecule has 100 valence electrons. The van der Waals surface area contributed by atoms with E-state index in [1.807, 2.05) is 0 Å². The average molecular weight is 261 g/mol. The molecule has 1 aromatic carbocycles. The average Bonchev–Trinajstić information content (AvgIpc) is 2.30. The zero-order valence-electron chi connectivity index (χ0n) is 10.3. The van der Waals surface area contributed by atoms with E-state index >= 15 is 0 Å². The minimum Gasteiger partial charge on any atom is -0.469 e. The van der Waals surface area contributed by atoms with Crippen LogP contribution in [0.5, 0.6) is 0 Å². The number of benzene rings is 1. The quantitative estimate of drug-likeness (QED) is 0.669. The van der Waals surface area contributed by atoms with E-state index in [4.69, 9.17) is 0 Å². The maximum atomic E-state index is 13.3. The molecule has 0 fully saturated rings. The highest BCUT2D eigenvalue weighted by atomic mass is 19.2. The van der Waals surface area contributed by atoms with Crippen molar-refractivity contribution in [3.05, 3.63) is 29.6 Å². The fourth-order valence-electron chi connectivity index (χ4n) is 1.35. The number of hydrogen-bond acceptors (Lipinski definition) is 3. The molecular formula is C12H14F3NO2. The Balaban J connectivity index is 2.84. The largest absolute Gasteiger partial charge is 0.469 e. The van der Waals surface area contributed by atoms with Crippen LogP contribution in [0.25, 0.3) is 0 Å². The van der Waals surface area contributed by atoms with Crippen molar-refractivity contribution in [1.82, 2.24) is 0 Å². The minimum atomic E-state index is -1.28. The molecule has 1 rings (SSSR count). The molecule has 0 heterocycles. The summed E-state index contributed by atoms with van der Waals surface area (Å²) >= 11 is 0. The van der Waals surface area contributed by atoms with Gasteiger partial charge >= 0.3 is 5.97 Å². The van der Waals surface area contributed by atoms with Crippen LogP contribution in [0.4, 0.5) is 18.9 Å². The summed E-state index contributed by atoms with van der Waals surface area (Å²) in [4.78, 5) is 11.4. The Morgan fingerprint density at radius 2 is 1.94 bits per heavy atom. The molecule has 0 saturated heterocycles. The highest BCUT2D eigenvalue weighted by molar-refractivity contribution is 5.76. The SMILES string of the molecule is COC(=O)C(C)(C)CNc1cc(F)cc(F)c1F. The van der Waals surface area contributed by atoms with E-state index in [0.29, 0.717) is 6.07 Å². The van der Waals surface area contributed by atoms with E-state index in [1.165, 1.54) is 7.11 Å². The van der Waals surface area contributed by atoms with Crippen molar-refractivity contribution in [2.45, 2.75) is 13.8 Å². The first kappa shape index (κ1) is 14.3. The van der Waals surface area contributed by atoms with Gasteiger partial charge in [-0.05, 0) is 13.8 Å². The summed E-state index contributed by atoms with van der Waals surface area (Å²) in [6.45, 7) is 3.12. The first-order valence-electron chi connectivity index (χ1n) is 5.25. The van der Waals surface area contributed by atoms with Crippen LogP contribution in [0.15, 0.2) is 12.1 Å². The number of hydrogen-bond donors (Lipinski definition) is 1. The van der Waals surface area contributed by atoms with Gasteiger partial charge in [0.2, 0.25) is 0 Å². The summed E-state index contributed by atoms with van der Waals surface area (Å²) < 4.78 is 43.7. The lowest BCUT2D eigenvalue weighted by atomic mass is 9.93. The van der Waals surface area contributed by atoms with Gasteiger partial charge in [0, 0.05) is 18.7 Å². The molecule has 0 amide bonds. The van der Waals surface area contributed by atoms with Crippen molar-refractivity contribution < 1.29 is 22.7 Å². The van der Waals surface area contributed by atoms with E-state index in [-0.39, 0.29) is 12.2 Å². The number of methoxy groups -OCH3 is 1. The normalized spacial score (nSPS) is 11.2. The van der Waals surface area contributed by atoms with Gasteiger partial charge in [-0.15, -0.1) is 0 Å². The van der Waals surface area contributed by atoms with Crippen LogP contribution in [0, 0.1) is 22.9 Å². The van der Waals surface area contributed by atoms with Crippen molar-refractivity contribution in [1.29, 1.82) is 0 Å². The molecule has 0 aliphatic rings. The van der Waals surface area contributed by atoms with E-state index in [9.17, 15) is 18.0 Å². The molecule has 0 aliphatic carbocycles. The third-order valence-electron chi connectivity index (χ3n) is 2.45. The zero-order chi connectivity index (χ0) is 13.9. The van der Waals surface area contributed by atoms with Gasteiger partial charge in [-0.25, -0.2) is 13.2 Å². The standard InChI is InChI=1S/C12H14F3NO2/c1-12(2,11(17)18-3)6-16-9-5-7(13)4-8(14)10(9)15/h4-5,16H,6H2,1-3H3. The third kappa shape index (κ3) is 3.15. The van der Waals surface area contributed by atoms with E-state index < -0.39 is 28.8 Å². The van der Waals surface area contributed by atoms with Crippen LogP contribution in [-0.2, 0) is 9.53 Å². The van der Waals surface area contributed by atoms with E-state index in [2.05, 4.69) is 10.1 Å². The number of rotatable bonds is 4. The summed E-state index contributed by atoms with van der Waals surface area (Å²) in [5, 5.41) is 2.49. The Bertz CT molecular complexity index is 461. The Hall–Kier alpha value is -1.72. The van der Waals surface area contributed by atoms with Crippen molar-refractivity contribution in [3.63, 3.8) is 0 Å². The molecule has 0 atom stereocenters. The maximum absolute atomic E-state index is 13.3. The number of nitrogens with one attached hydrogen (secondary N) is 1. The summed E-state index contributed by atoms with van der Waals surface area (Å²) in [5.41, 5.74) is -1.27. The van der Waals surface area contributed by atoms with Crippen molar-refractivity contribution in [3.8, 4) is 0 Å². The van der Waals surface area contributed by atoms with Crippen molar-refractivity contribution in [2.24, 2.45) is 5.41 Å². The van der Waals surface area contributed by atoms with Gasteiger partial charge in [-0.3, -0.25) is 4.79 Å². The number of carbonyl (C=O) groups excluding carboxylic acids is 1. The Labute approximate surface area is 103 Å². The van der Waals surface area contributed by atoms with Gasteiger partial charge in [-0.2, -0.15) is 0 Å². The molecule has 6 heteroatoms. The first-order valence-corrected chi connectivity index (χ1v) is 5.25. The van der Waals surface area contributed by atoms with Gasteiger partial charge in [0.15, 0.2) is 11.6 Å². The third-order valence-corrected chi connectivity index (χ3v) is 2.45. The fraction of sp³-hybridized carbons (Fsp3) is 0.417. The molecule has 1 N–H and O–H groups in total. The van der Waals surface area contributed by atoms with Crippen molar-refractivity contribution >= 4 is 11.7 Å². The molecule has 0 radical (unpaired) electrons. The molecular weight excluding hydrogens is 247 g/mol. The smallest absolute Gasteiger partial charge is 0.313 e. The second-order valence-electron chi connectivity index (χ2n) is 4.48. The van der Waals surface area contributed by atoms with Crippen LogP contribution in [0.2, 0.25) is 0 Å². The monoisotopic (exact) mass is 261 g/mol. The van der Waals surface area contributed by atoms with Gasteiger partial charge in [-0.1, -0.05) is 0 Å². The highest BCUT2D eigenvalue weighted by Gasteiger charge is 2.29. The lowest BCUT2D eigenvalue weighted by Gasteiger charge is -2.22. The lowest BCUT2D eigenvalue weighted by molar-refractivity contribution is -0.149. The summed E-state index contributed by atoms with van der Waals surface area (Å²) in [6.07, 6.45) is 0. The molecule has 0 aliphatic heterocycles. The van der Waals surface area contributed by atoms with Gasteiger partial charge in [0.25, 0.3) is 0 Å². The fourth-order valence-corrected chi connectivity index (χ4v) is 1.35. The van der Waals surface area contributed by atoms with Crippen LogP contribution in [0.1, 0.15) is 13.8 Å². The van der Waals surface area contributed by atoms with Crippen molar-refractivity contribution in [2.75, 3.05) is 19.0 Å². The summed E-state index contributed by atoms with van der Waals surface area (Å²) in [6, 6.07) is 1.28. The summed E-state index contributed by atoms with van der Waals surface area (Å²) in [7, 11) is 1.23. The van der Waals surface area contributed by atoms with E-state index in [1.54, 1.807) is 13.8 Å². The van der Waals surface area contributed by atoms with Gasteiger partial charge in [0.1, 0.15) is 5.82 Å². The van der Waals surface area contributed by atoms with Gasteiger partial charge < -0.3 is 10.1 Å². The lowest BCUT2D eigenvalue weighted by Crippen LogP contribution is -2.33. The number of halogens is 3. The Morgan fingerprint density at radius 1 is 1.33 bits per heavy atom. The topological polar surface area (TPSA) is 38.3 Å². The van der Waals surface area contributed by atoms with Crippen LogP contribution >= 0.6 is 0 Å². The Kier molecular flexibility index (Phi) is 4.21. The number of anilines is 1. The molecule has 3 nitrogen and oxygen atoms in total. The predicted molar refractivity (Wildman–Crippen MR) is 60.6 cm³/mol. The predicted octanol–water partition coefficient (Wildman–Crippen LogP) is 2.72. The number of esters is 1. The molecule has 0 saturated carbocycles. The number of carbonyl (C=O) groups is 1. The molecule has 0 aromatic heterocycles. The molecule has 0 spiro atoms. The van der Waals surface area contributed by atoms with Gasteiger partial charge in [0.05, 0.1) is 18.2 Å².